The van der Waals surface area contributed by atoms with Gasteiger partial charge in [0.15, 0.2) is 6.29 Å². The van der Waals surface area contributed by atoms with Crippen LogP contribution in [0.3, 0.4) is 0 Å². The van der Waals surface area contributed by atoms with Crippen LogP contribution in [-0.2, 0) is 14.3 Å². The maximum atomic E-state index is 10.3. The first kappa shape index (κ1) is 8.68. The van der Waals surface area contributed by atoms with Gasteiger partial charge < -0.3 is 14.3 Å². The molecule has 0 N–H and O–H groups in total. The number of hydrogen-bond donors (Lipinski definition) is 0. The molecule has 0 aromatic carbocycles. The lowest BCUT2D eigenvalue weighted by Gasteiger charge is -2.27. The maximum absolute atomic E-state index is 10.3. The molecule has 1 aliphatic rings. The number of carbonyl (C=O) groups is 1. The zero-order valence-corrected chi connectivity index (χ0v) is 7.00. The quantitative estimate of drug-likeness (QED) is 0.574. The highest BCUT2D eigenvalue weighted by Crippen LogP contribution is 2.29. The molecule has 3 nitrogen and oxygen atoms in total. The van der Waals surface area contributed by atoms with Gasteiger partial charge in [-0.15, -0.1) is 0 Å². The maximum Gasteiger partial charge on any atom is 0.163 e. The predicted molar refractivity (Wildman–Crippen MR) is 40.2 cm³/mol. The van der Waals surface area contributed by atoms with Crippen LogP contribution in [-0.4, -0.2) is 25.8 Å². The summed E-state index contributed by atoms with van der Waals surface area (Å²) >= 11 is 0. The number of carbonyl (C=O) groups excluding carboxylic acids is 1. The molecule has 1 aliphatic heterocycles. The fourth-order valence-corrected chi connectivity index (χ4v) is 1.12. The Kier molecular flexibility index (Phi) is 2.62. The summed E-state index contributed by atoms with van der Waals surface area (Å²) < 4.78 is 10.6. The topological polar surface area (TPSA) is 35.5 Å². The molecule has 64 valence electrons. The van der Waals surface area contributed by atoms with Crippen molar-refractivity contribution < 1.29 is 14.3 Å². The van der Waals surface area contributed by atoms with E-state index in [0.29, 0.717) is 19.6 Å². The van der Waals surface area contributed by atoms with Crippen molar-refractivity contribution in [2.24, 2.45) is 5.41 Å². The molecule has 1 heterocycles. The molecule has 1 rings (SSSR count). The van der Waals surface area contributed by atoms with Crippen molar-refractivity contribution in [2.45, 2.75) is 26.6 Å². The second-order valence-corrected chi connectivity index (χ2v) is 3.43. The zero-order valence-electron chi connectivity index (χ0n) is 7.00. The summed E-state index contributed by atoms with van der Waals surface area (Å²) in [5.41, 5.74) is -0.182. The highest BCUT2D eigenvalue weighted by atomic mass is 16.7. The van der Waals surface area contributed by atoms with Crippen LogP contribution in [0.4, 0.5) is 0 Å². The van der Waals surface area contributed by atoms with Crippen LogP contribution >= 0.6 is 0 Å². The van der Waals surface area contributed by atoms with E-state index in [4.69, 9.17) is 9.47 Å². The minimum atomic E-state index is -0.201. The van der Waals surface area contributed by atoms with Crippen LogP contribution in [0.15, 0.2) is 0 Å². The SMILES string of the molecule is CC(C)(CC=O)C1OCCO1. The summed E-state index contributed by atoms with van der Waals surface area (Å²) in [7, 11) is 0. The average Bonchev–Trinajstić information content (AvgIpc) is 2.37. The number of hydrogen-bond acceptors (Lipinski definition) is 3. The minimum absolute atomic E-state index is 0.182. The summed E-state index contributed by atoms with van der Waals surface area (Å²) in [5.74, 6) is 0. The van der Waals surface area contributed by atoms with Crippen molar-refractivity contribution in [1.82, 2.24) is 0 Å². The molecule has 0 aromatic heterocycles. The van der Waals surface area contributed by atoms with Gasteiger partial charge in [-0.1, -0.05) is 13.8 Å². The molecule has 3 heteroatoms. The van der Waals surface area contributed by atoms with Gasteiger partial charge in [-0.25, -0.2) is 0 Å². The van der Waals surface area contributed by atoms with E-state index in [9.17, 15) is 4.79 Å². The first-order chi connectivity index (χ1) is 5.17. The van der Waals surface area contributed by atoms with Gasteiger partial charge in [0.05, 0.1) is 13.2 Å². The Morgan fingerprint density at radius 2 is 2.00 bits per heavy atom. The van der Waals surface area contributed by atoms with Crippen molar-refractivity contribution in [2.75, 3.05) is 13.2 Å². The van der Waals surface area contributed by atoms with Gasteiger partial charge in [0.1, 0.15) is 6.29 Å². The normalized spacial score (nSPS) is 20.5. The molecule has 0 unspecified atom stereocenters. The Morgan fingerprint density at radius 1 is 1.45 bits per heavy atom. The molecule has 0 saturated carbocycles. The van der Waals surface area contributed by atoms with Crippen LogP contribution in [0.5, 0.6) is 0 Å². The fraction of sp³-hybridized carbons (Fsp3) is 0.875. The summed E-state index contributed by atoms with van der Waals surface area (Å²) in [6.45, 7) is 5.23. The monoisotopic (exact) mass is 158 g/mol. The Bertz CT molecular complexity index is 136. The summed E-state index contributed by atoms with van der Waals surface area (Å²) in [6, 6.07) is 0. The number of rotatable bonds is 3. The van der Waals surface area contributed by atoms with Crippen LogP contribution in [0.25, 0.3) is 0 Å². The van der Waals surface area contributed by atoms with E-state index >= 15 is 0 Å². The molecule has 1 saturated heterocycles. The first-order valence-electron chi connectivity index (χ1n) is 3.83. The Morgan fingerprint density at radius 3 is 2.45 bits per heavy atom. The van der Waals surface area contributed by atoms with Crippen molar-refractivity contribution in [3.63, 3.8) is 0 Å². The van der Waals surface area contributed by atoms with Gasteiger partial charge in [-0.2, -0.15) is 0 Å². The smallest absolute Gasteiger partial charge is 0.163 e. The van der Waals surface area contributed by atoms with Gasteiger partial charge in [-0.3, -0.25) is 0 Å². The van der Waals surface area contributed by atoms with Crippen molar-refractivity contribution >= 4 is 6.29 Å². The molecule has 1 fully saturated rings. The largest absolute Gasteiger partial charge is 0.350 e. The summed E-state index contributed by atoms with van der Waals surface area (Å²) in [5, 5.41) is 0. The lowest BCUT2D eigenvalue weighted by atomic mass is 9.89. The number of ether oxygens (including phenoxy) is 2. The highest BCUT2D eigenvalue weighted by Gasteiger charge is 2.33. The van der Waals surface area contributed by atoms with Gasteiger partial charge in [0.25, 0.3) is 0 Å². The van der Waals surface area contributed by atoms with Crippen LogP contribution < -0.4 is 0 Å². The molecule has 0 atom stereocenters. The Hall–Kier alpha value is -0.410. The summed E-state index contributed by atoms with van der Waals surface area (Å²) in [6.07, 6.45) is 1.19. The second-order valence-electron chi connectivity index (χ2n) is 3.43. The standard InChI is InChI=1S/C8H14O3/c1-8(2,3-4-9)7-10-5-6-11-7/h4,7H,3,5-6H2,1-2H3. The molecular weight excluding hydrogens is 144 g/mol. The van der Waals surface area contributed by atoms with Gasteiger partial charge in [0.2, 0.25) is 0 Å². The van der Waals surface area contributed by atoms with Gasteiger partial charge in [0, 0.05) is 11.8 Å². The van der Waals surface area contributed by atoms with E-state index in [1.165, 1.54) is 0 Å². The summed E-state index contributed by atoms with van der Waals surface area (Å²) in [4.78, 5) is 10.3. The van der Waals surface area contributed by atoms with Crippen molar-refractivity contribution in [1.29, 1.82) is 0 Å². The second kappa shape index (κ2) is 3.32. The molecule has 0 aliphatic carbocycles. The van der Waals surface area contributed by atoms with E-state index in [1.807, 2.05) is 13.8 Å². The van der Waals surface area contributed by atoms with Gasteiger partial charge >= 0.3 is 0 Å². The Labute approximate surface area is 66.7 Å². The van der Waals surface area contributed by atoms with E-state index < -0.39 is 0 Å². The minimum Gasteiger partial charge on any atom is -0.350 e. The molecule has 0 bridgehead atoms. The molecule has 11 heavy (non-hydrogen) atoms. The van der Waals surface area contributed by atoms with Gasteiger partial charge in [-0.05, 0) is 0 Å². The molecule has 0 spiro atoms. The molecule has 0 amide bonds. The number of aldehydes is 1. The third kappa shape index (κ3) is 2.01. The molecular formula is C8H14O3. The predicted octanol–water partition coefficient (Wildman–Crippen LogP) is 0.974. The lowest BCUT2D eigenvalue weighted by molar-refractivity contribution is -0.132. The van der Waals surface area contributed by atoms with E-state index in [-0.39, 0.29) is 11.7 Å². The third-order valence-electron chi connectivity index (χ3n) is 1.87. The van der Waals surface area contributed by atoms with E-state index in [0.717, 1.165) is 6.29 Å². The van der Waals surface area contributed by atoms with Crippen LogP contribution in [0, 0.1) is 5.41 Å². The molecule has 0 radical (unpaired) electrons. The van der Waals surface area contributed by atoms with Crippen molar-refractivity contribution in [3.8, 4) is 0 Å². The zero-order chi connectivity index (χ0) is 8.32. The third-order valence-corrected chi connectivity index (χ3v) is 1.87. The van der Waals surface area contributed by atoms with E-state index in [2.05, 4.69) is 0 Å². The first-order valence-corrected chi connectivity index (χ1v) is 3.83. The van der Waals surface area contributed by atoms with Crippen LogP contribution in [0.1, 0.15) is 20.3 Å². The average molecular weight is 158 g/mol. The Balaban J connectivity index is 2.47. The van der Waals surface area contributed by atoms with E-state index in [1.54, 1.807) is 0 Å². The molecule has 0 aromatic rings. The fourth-order valence-electron chi connectivity index (χ4n) is 1.12. The van der Waals surface area contributed by atoms with Crippen molar-refractivity contribution in [3.05, 3.63) is 0 Å². The lowest BCUT2D eigenvalue weighted by Crippen LogP contribution is -2.30. The van der Waals surface area contributed by atoms with Crippen LogP contribution in [0.2, 0.25) is 0 Å². The highest BCUT2D eigenvalue weighted by molar-refractivity contribution is 5.50.